The quantitative estimate of drug-likeness (QED) is 0.362. The van der Waals surface area contributed by atoms with Gasteiger partial charge in [-0.3, -0.25) is 9.88 Å². The number of hydrogen-bond donors (Lipinski definition) is 0. The summed E-state index contributed by atoms with van der Waals surface area (Å²) in [5.74, 6) is 2.01. The Morgan fingerprint density at radius 1 is 1.21 bits per heavy atom. The van der Waals surface area contributed by atoms with Gasteiger partial charge >= 0.3 is 0 Å². The van der Waals surface area contributed by atoms with Crippen molar-refractivity contribution < 1.29 is 8.92 Å². The molecule has 6 atom stereocenters. The van der Waals surface area contributed by atoms with E-state index in [1.165, 1.54) is 12.0 Å². The maximum Gasteiger partial charge on any atom is 0.119 e. The molecule has 3 aliphatic rings. The van der Waals surface area contributed by atoms with Crippen LogP contribution in [-0.4, -0.2) is 42.4 Å². The molecule has 1 aromatic heterocycles. The Morgan fingerprint density at radius 3 is 2.68 bits per heavy atom. The molecule has 2 bridgehead atoms. The summed E-state index contributed by atoms with van der Waals surface area (Å²) in [5, 5.41) is 1.06. The number of fused-ring (bicyclic) bond motifs is 4. The van der Waals surface area contributed by atoms with Crippen molar-refractivity contribution >= 4 is 21.2 Å². The Labute approximate surface area is 205 Å². The van der Waals surface area contributed by atoms with Crippen molar-refractivity contribution in [2.75, 3.05) is 26.5 Å². The molecule has 3 fully saturated rings. The molecule has 34 heavy (non-hydrogen) atoms. The number of piperidine rings is 3. The van der Waals surface area contributed by atoms with Crippen LogP contribution in [0, 0.1) is 25.0 Å². The smallest absolute Gasteiger partial charge is 0.119 e. The van der Waals surface area contributed by atoms with Crippen LogP contribution in [0.25, 0.3) is 10.9 Å². The van der Waals surface area contributed by atoms with Crippen LogP contribution >= 0.6 is 10.3 Å². The minimum Gasteiger partial charge on any atom is -0.497 e. The zero-order valence-corrected chi connectivity index (χ0v) is 21.1. The van der Waals surface area contributed by atoms with Crippen molar-refractivity contribution in [3.63, 3.8) is 0 Å². The fourth-order valence-electron chi connectivity index (χ4n) is 5.62. The molecule has 178 valence electrons. The van der Waals surface area contributed by atoms with E-state index in [-0.39, 0.29) is 12.1 Å². The molecule has 0 spiro atoms. The lowest BCUT2D eigenvalue weighted by atomic mass is 9.73. The van der Waals surface area contributed by atoms with Crippen molar-refractivity contribution in [1.82, 2.24) is 9.88 Å². The van der Waals surface area contributed by atoms with Crippen molar-refractivity contribution in [3.05, 3.63) is 84.8 Å². The molecule has 3 aromatic rings. The lowest BCUT2D eigenvalue weighted by Crippen LogP contribution is -2.55. The fraction of sp³-hybridized carbons (Fsp3) is 0.379. The van der Waals surface area contributed by atoms with Gasteiger partial charge in [-0.2, -0.15) is 0 Å². The minimum atomic E-state index is -1.99. The van der Waals surface area contributed by atoms with E-state index in [0.717, 1.165) is 46.6 Å². The first kappa shape index (κ1) is 23.4. The standard InChI is InChI=1S/C29H34N2O2S/c1-6-21-19-31-16-14-22(21)17-28(31)29(33-34(4,5)24-10-7-20(2)8-11-24)25-13-15-30-27-12-9-23(32-3)18-26(25)27/h4,6-13,15,18,21-22,28-29H,1,14,16-17,19H2,2-3,5H3/t21?,22?,28?,29-/m1/s1. The van der Waals surface area contributed by atoms with Crippen molar-refractivity contribution in [3.8, 4) is 5.75 Å². The minimum absolute atomic E-state index is 0.169. The first-order valence-electron chi connectivity index (χ1n) is 12.0. The van der Waals surface area contributed by atoms with Gasteiger partial charge in [0.1, 0.15) is 11.9 Å². The van der Waals surface area contributed by atoms with Gasteiger partial charge in [0.05, 0.1) is 12.6 Å². The van der Waals surface area contributed by atoms with Crippen LogP contribution in [0.3, 0.4) is 0 Å². The van der Waals surface area contributed by atoms with E-state index < -0.39 is 10.3 Å². The topological polar surface area (TPSA) is 34.6 Å². The summed E-state index contributed by atoms with van der Waals surface area (Å²) in [4.78, 5) is 8.27. The first-order valence-corrected chi connectivity index (χ1v) is 14.0. The number of aromatic nitrogens is 1. The number of nitrogens with zero attached hydrogens (tertiary/aromatic N) is 2. The molecular weight excluding hydrogens is 440 g/mol. The Balaban J connectivity index is 1.59. The SMILES string of the molecule is [CH]S(C)(O[C@H](c1ccnc2ccc(OC)cc12)C1CC2CCN1CC2C=C)c1ccc(C)cc1. The van der Waals surface area contributed by atoms with Gasteiger partial charge in [-0.25, -0.2) is 0 Å². The van der Waals surface area contributed by atoms with E-state index in [4.69, 9.17) is 15.2 Å². The third kappa shape index (κ3) is 4.37. The molecule has 3 aliphatic heterocycles. The summed E-state index contributed by atoms with van der Waals surface area (Å²) in [6.45, 7) is 8.32. The zero-order chi connectivity index (χ0) is 23.9. The summed E-state index contributed by atoms with van der Waals surface area (Å²) < 4.78 is 12.6. The van der Waals surface area contributed by atoms with E-state index in [1.54, 1.807) is 7.11 Å². The largest absolute Gasteiger partial charge is 0.497 e. The predicted octanol–water partition coefficient (Wildman–Crippen LogP) is 6.58. The first-order chi connectivity index (χ1) is 16.4. The highest BCUT2D eigenvalue weighted by Gasteiger charge is 2.44. The number of hydrogen-bond acceptors (Lipinski definition) is 4. The van der Waals surface area contributed by atoms with Gasteiger partial charge in [-0.05, 0) is 86.4 Å². The highest BCUT2D eigenvalue weighted by molar-refractivity contribution is 8.30. The Hall–Kier alpha value is -2.34. The predicted molar refractivity (Wildman–Crippen MR) is 141 cm³/mol. The Morgan fingerprint density at radius 2 is 2.00 bits per heavy atom. The average Bonchev–Trinajstić information content (AvgIpc) is 2.87. The molecule has 0 amide bonds. The molecule has 6 rings (SSSR count). The normalized spacial score (nSPS) is 25.8. The van der Waals surface area contributed by atoms with Crippen LogP contribution < -0.4 is 4.74 Å². The van der Waals surface area contributed by atoms with E-state index in [9.17, 15) is 0 Å². The number of methoxy groups -OCH3 is 1. The molecule has 2 aromatic carbocycles. The number of benzene rings is 2. The number of pyridine rings is 1. The van der Waals surface area contributed by atoms with E-state index >= 15 is 0 Å². The van der Waals surface area contributed by atoms with Crippen LogP contribution in [0.5, 0.6) is 5.75 Å². The van der Waals surface area contributed by atoms with Crippen molar-refractivity contribution in [2.24, 2.45) is 11.8 Å². The summed E-state index contributed by atoms with van der Waals surface area (Å²) in [5.41, 5.74) is 3.29. The maximum atomic E-state index is 7.02. The second kappa shape index (κ2) is 9.37. The Bertz CT molecular complexity index is 1180. The van der Waals surface area contributed by atoms with Crippen LogP contribution in [0.4, 0.5) is 0 Å². The summed E-state index contributed by atoms with van der Waals surface area (Å²) in [6.07, 6.45) is 15.2. The molecule has 0 N–H and O–H groups in total. The highest BCUT2D eigenvalue weighted by Crippen LogP contribution is 2.58. The average molecular weight is 475 g/mol. The van der Waals surface area contributed by atoms with Gasteiger partial charge in [0.25, 0.3) is 0 Å². The monoisotopic (exact) mass is 474 g/mol. The number of rotatable bonds is 7. The third-order valence-corrected chi connectivity index (χ3v) is 9.40. The zero-order valence-electron chi connectivity index (χ0n) is 20.3. The van der Waals surface area contributed by atoms with Crippen LogP contribution in [-0.2, 0) is 4.18 Å². The van der Waals surface area contributed by atoms with Gasteiger partial charge in [0.2, 0.25) is 0 Å². The summed E-state index contributed by atoms with van der Waals surface area (Å²) in [6, 6.07) is 16.8. The third-order valence-electron chi connectivity index (χ3n) is 7.58. The molecule has 0 saturated carbocycles. The maximum absolute atomic E-state index is 7.02. The number of aryl methyl sites for hydroxylation is 1. The van der Waals surface area contributed by atoms with Gasteiger partial charge in [-0.15, -0.1) is 16.9 Å². The second-order valence-corrected chi connectivity index (χ2v) is 12.2. The van der Waals surface area contributed by atoms with Crippen LogP contribution in [0.2, 0.25) is 0 Å². The fourth-order valence-corrected chi connectivity index (χ4v) is 7.07. The van der Waals surface area contributed by atoms with Crippen molar-refractivity contribution in [1.29, 1.82) is 0 Å². The van der Waals surface area contributed by atoms with Gasteiger partial charge in [-0.1, -0.05) is 23.8 Å². The summed E-state index contributed by atoms with van der Waals surface area (Å²) in [7, 11) is -0.293. The molecule has 5 unspecified atom stereocenters. The molecular formula is C29H34N2O2S. The lowest BCUT2D eigenvalue weighted by Gasteiger charge is -2.52. The summed E-state index contributed by atoms with van der Waals surface area (Å²) >= 11 is 0. The molecule has 3 saturated heterocycles. The van der Waals surface area contributed by atoms with Gasteiger partial charge < -0.3 is 8.92 Å². The van der Waals surface area contributed by atoms with E-state index in [2.05, 4.69) is 72.1 Å². The molecule has 0 aliphatic carbocycles. The number of ether oxygens (including phenoxy) is 1. The molecule has 5 heteroatoms. The van der Waals surface area contributed by atoms with Crippen LogP contribution in [0.15, 0.2) is 72.3 Å². The molecule has 2 radical (unpaired) electrons. The van der Waals surface area contributed by atoms with Crippen LogP contribution in [0.1, 0.15) is 30.1 Å². The lowest BCUT2D eigenvalue weighted by molar-refractivity contribution is -0.0317. The van der Waals surface area contributed by atoms with Gasteiger partial charge in [0.15, 0.2) is 0 Å². The van der Waals surface area contributed by atoms with E-state index in [1.807, 2.05) is 18.3 Å². The van der Waals surface area contributed by atoms with Gasteiger partial charge in [0, 0.05) is 35.3 Å². The highest BCUT2D eigenvalue weighted by atomic mass is 32.3. The molecule has 4 nitrogen and oxygen atoms in total. The molecule has 4 heterocycles. The Kier molecular flexibility index (Phi) is 6.45. The van der Waals surface area contributed by atoms with Crippen molar-refractivity contribution in [2.45, 2.75) is 36.8 Å². The van der Waals surface area contributed by atoms with E-state index in [0.29, 0.717) is 11.8 Å². The second-order valence-electron chi connectivity index (χ2n) is 9.76.